The van der Waals surface area contributed by atoms with Crippen LogP contribution in [0, 0.1) is 0 Å². The summed E-state index contributed by atoms with van der Waals surface area (Å²) in [7, 11) is -3.10. The Morgan fingerprint density at radius 1 is 1.50 bits per heavy atom. The molecule has 7 heteroatoms. The molecule has 0 saturated carbocycles. The van der Waals surface area contributed by atoms with Crippen LogP contribution in [0.15, 0.2) is 22.9 Å². The summed E-state index contributed by atoms with van der Waals surface area (Å²) in [5.41, 5.74) is 0.543. The number of hydrogen-bond acceptors (Lipinski definition) is 4. The average molecular weight is 307 g/mol. The van der Waals surface area contributed by atoms with Crippen molar-refractivity contribution < 1.29 is 13.2 Å². The molecule has 0 fully saturated rings. The molecule has 1 aromatic rings. The van der Waals surface area contributed by atoms with Crippen molar-refractivity contribution in [1.82, 2.24) is 4.98 Å². The minimum Gasteiger partial charge on any atom is -0.325 e. The maximum atomic E-state index is 11.3. The van der Waals surface area contributed by atoms with Crippen LogP contribution in [0.25, 0.3) is 0 Å². The van der Waals surface area contributed by atoms with Crippen molar-refractivity contribution >= 4 is 37.4 Å². The van der Waals surface area contributed by atoms with E-state index in [1.807, 2.05) is 0 Å². The van der Waals surface area contributed by atoms with Gasteiger partial charge in [0.1, 0.15) is 14.4 Å². The van der Waals surface area contributed by atoms with E-state index in [9.17, 15) is 13.2 Å². The third-order valence-corrected chi connectivity index (χ3v) is 3.13. The molecular weight excluding hydrogens is 296 g/mol. The summed E-state index contributed by atoms with van der Waals surface area (Å²) in [6.45, 7) is 0. The van der Waals surface area contributed by atoms with Crippen LogP contribution >= 0.6 is 15.9 Å². The first-order valence-corrected chi connectivity index (χ1v) is 7.31. The van der Waals surface area contributed by atoms with E-state index in [2.05, 4.69) is 26.2 Å². The lowest BCUT2D eigenvalue weighted by Crippen LogP contribution is -2.16. The minimum atomic E-state index is -3.10. The molecule has 0 saturated heterocycles. The number of nitrogens with zero attached hydrogens (tertiary/aromatic N) is 1. The highest BCUT2D eigenvalue weighted by atomic mass is 79.9. The van der Waals surface area contributed by atoms with Crippen LogP contribution in [0.3, 0.4) is 0 Å². The number of anilines is 1. The van der Waals surface area contributed by atoms with Gasteiger partial charge >= 0.3 is 0 Å². The summed E-state index contributed by atoms with van der Waals surface area (Å²) in [5, 5.41) is 2.55. The van der Waals surface area contributed by atoms with Crippen LogP contribution in [0.4, 0.5) is 5.69 Å². The summed E-state index contributed by atoms with van der Waals surface area (Å²) in [6.07, 6.45) is 2.54. The van der Waals surface area contributed by atoms with E-state index in [0.29, 0.717) is 10.3 Å². The van der Waals surface area contributed by atoms with Gasteiger partial charge in [-0.15, -0.1) is 0 Å². The van der Waals surface area contributed by atoms with E-state index in [4.69, 9.17) is 0 Å². The predicted molar refractivity (Wildman–Crippen MR) is 64.9 cm³/mol. The molecule has 0 spiro atoms. The molecule has 0 radical (unpaired) electrons. The zero-order valence-electron chi connectivity index (χ0n) is 8.60. The van der Waals surface area contributed by atoms with Gasteiger partial charge in [0.25, 0.3) is 0 Å². The van der Waals surface area contributed by atoms with E-state index >= 15 is 0 Å². The lowest BCUT2D eigenvalue weighted by Gasteiger charge is -2.03. The number of pyridine rings is 1. The van der Waals surface area contributed by atoms with Gasteiger partial charge in [-0.05, 0) is 28.1 Å². The Kier molecular flexibility index (Phi) is 4.43. The second-order valence-corrected chi connectivity index (χ2v) is 6.37. The van der Waals surface area contributed by atoms with Crippen LogP contribution in [-0.4, -0.2) is 31.3 Å². The van der Waals surface area contributed by atoms with Gasteiger partial charge in [-0.2, -0.15) is 0 Å². The molecule has 0 aliphatic heterocycles. The Morgan fingerprint density at radius 3 is 2.69 bits per heavy atom. The fourth-order valence-corrected chi connectivity index (χ4v) is 1.74. The summed E-state index contributed by atoms with van der Waals surface area (Å²) in [4.78, 5) is 15.3. The number of carbonyl (C=O) groups excluding carboxylic acids is 1. The number of rotatable bonds is 4. The zero-order chi connectivity index (χ0) is 12.2. The number of sulfone groups is 1. The van der Waals surface area contributed by atoms with Crippen molar-refractivity contribution in [1.29, 1.82) is 0 Å². The molecule has 88 valence electrons. The second-order valence-electron chi connectivity index (χ2n) is 3.30. The third-order valence-electron chi connectivity index (χ3n) is 1.71. The highest BCUT2D eigenvalue weighted by Gasteiger charge is 2.08. The molecule has 0 aliphatic carbocycles. The van der Waals surface area contributed by atoms with Gasteiger partial charge in [-0.25, -0.2) is 13.4 Å². The molecule has 5 nitrogen and oxygen atoms in total. The fraction of sp³-hybridized carbons (Fsp3) is 0.333. The Balaban J connectivity index is 2.49. The van der Waals surface area contributed by atoms with Gasteiger partial charge in [-0.3, -0.25) is 4.79 Å². The van der Waals surface area contributed by atoms with E-state index in [0.717, 1.165) is 6.26 Å². The van der Waals surface area contributed by atoms with E-state index in [1.54, 1.807) is 12.1 Å². The van der Waals surface area contributed by atoms with Crippen LogP contribution in [-0.2, 0) is 14.6 Å². The Bertz CT molecular complexity index is 470. The molecule has 0 bridgehead atoms. The number of amides is 1. The molecular formula is C9H11BrN2O3S. The number of carbonyl (C=O) groups is 1. The van der Waals surface area contributed by atoms with Crippen LogP contribution in [0.1, 0.15) is 6.42 Å². The number of nitrogens with one attached hydrogen (secondary N) is 1. The maximum absolute atomic E-state index is 11.3. The van der Waals surface area contributed by atoms with E-state index in [-0.39, 0.29) is 18.1 Å². The smallest absolute Gasteiger partial charge is 0.225 e. The zero-order valence-corrected chi connectivity index (χ0v) is 11.0. The first-order chi connectivity index (χ1) is 7.37. The van der Waals surface area contributed by atoms with Crippen molar-refractivity contribution in [2.24, 2.45) is 0 Å². The average Bonchev–Trinajstić information content (AvgIpc) is 2.18. The van der Waals surface area contributed by atoms with E-state index in [1.165, 1.54) is 6.20 Å². The molecule has 1 rings (SSSR count). The van der Waals surface area contributed by atoms with Gasteiger partial charge in [0, 0.05) is 12.7 Å². The lowest BCUT2D eigenvalue weighted by molar-refractivity contribution is -0.115. The Morgan fingerprint density at radius 2 is 2.19 bits per heavy atom. The molecule has 0 unspecified atom stereocenters. The molecule has 0 atom stereocenters. The third kappa shape index (κ3) is 5.22. The van der Waals surface area contributed by atoms with Gasteiger partial charge in [0.05, 0.1) is 17.6 Å². The molecule has 1 N–H and O–H groups in total. The van der Waals surface area contributed by atoms with Crippen molar-refractivity contribution in [3.05, 3.63) is 22.9 Å². The predicted octanol–water partition coefficient (Wildman–Crippen LogP) is 1.22. The largest absolute Gasteiger partial charge is 0.325 e. The van der Waals surface area contributed by atoms with Crippen molar-refractivity contribution in [2.75, 3.05) is 17.3 Å². The Labute approximate surface area is 102 Å². The van der Waals surface area contributed by atoms with Crippen LogP contribution < -0.4 is 5.32 Å². The normalized spacial score (nSPS) is 11.1. The molecule has 1 aromatic heterocycles. The van der Waals surface area contributed by atoms with Gasteiger partial charge in [0.2, 0.25) is 5.91 Å². The van der Waals surface area contributed by atoms with Gasteiger partial charge in [0.15, 0.2) is 0 Å². The molecule has 0 aliphatic rings. The van der Waals surface area contributed by atoms with Gasteiger partial charge in [-0.1, -0.05) is 0 Å². The van der Waals surface area contributed by atoms with Crippen molar-refractivity contribution in [3.8, 4) is 0 Å². The Hall–Kier alpha value is -0.950. The monoisotopic (exact) mass is 306 g/mol. The highest BCUT2D eigenvalue weighted by Crippen LogP contribution is 2.10. The van der Waals surface area contributed by atoms with Crippen molar-refractivity contribution in [2.45, 2.75) is 6.42 Å². The van der Waals surface area contributed by atoms with Gasteiger partial charge < -0.3 is 5.32 Å². The van der Waals surface area contributed by atoms with Crippen LogP contribution in [0.2, 0.25) is 0 Å². The summed E-state index contributed by atoms with van der Waals surface area (Å²) in [6, 6.07) is 3.36. The summed E-state index contributed by atoms with van der Waals surface area (Å²) < 4.78 is 22.3. The standard InChI is InChI=1S/C9H11BrN2O3S/c1-16(14,15)5-4-9(13)12-7-2-3-8(10)11-6-7/h2-3,6H,4-5H2,1H3,(H,12,13). The maximum Gasteiger partial charge on any atom is 0.225 e. The molecule has 1 heterocycles. The van der Waals surface area contributed by atoms with E-state index < -0.39 is 9.84 Å². The lowest BCUT2D eigenvalue weighted by atomic mass is 10.4. The quantitative estimate of drug-likeness (QED) is 0.849. The topological polar surface area (TPSA) is 76.1 Å². The fourth-order valence-electron chi connectivity index (χ4n) is 0.951. The first-order valence-electron chi connectivity index (χ1n) is 4.46. The molecule has 1 amide bonds. The summed E-state index contributed by atoms with van der Waals surface area (Å²) in [5.74, 6) is -0.488. The van der Waals surface area contributed by atoms with Crippen LogP contribution in [0.5, 0.6) is 0 Å². The summed E-state index contributed by atoms with van der Waals surface area (Å²) >= 11 is 3.17. The SMILES string of the molecule is CS(=O)(=O)CCC(=O)Nc1ccc(Br)nc1. The number of aromatic nitrogens is 1. The second kappa shape index (κ2) is 5.40. The number of halogens is 1. The minimum absolute atomic E-state index is 0.0467. The highest BCUT2D eigenvalue weighted by molar-refractivity contribution is 9.10. The molecule has 16 heavy (non-hydrogen) atoms. The molecule has 0 aromatic carbocycles. The van der Waals surface area contributed by atoms with Crippen molar-refractivity contribution in [3.63, 3.8) is 0 Å². The first kappa shape index (κ1) is 13.1. The number of hydrogen-bond donors (Lipinski definition) is 1.